The number of nitrogens with zero attached hydrogens (tertiary/aromatic N) is 4. The Bertz CT molecular complexity index is 772. The van der Waals surface area contributed by atoms with Gasteiger partial charge >= 0.3 is 0 Å². The van der Waals surface area contributed by atoms with Crippen molar-refractivity contribution in [3.63, 3.8) is 0 Å². The molecule has 0 atom stereocenters. The van der Waals surface area contributed by atoms with E-state index in [0.717, 1.165) is 44.8 Å². The molecule has 0 aromatic carbocycles. The summed E-state index contributed by atoms with van der Waals surface area (Å²) in [6, 6.07) is 4.46. The second-order valence-electron chi connectivity index (χ2n) is 7.39. The number of hydrogen-bond acceptors (Lipinski definition) is 5. The standard InChI is InChI=1S/C18H25N5OS/c1-13-3-4-14(25-13)11-22-9-7-18(8-10-22)6-5-15-20-21-16(17(24)19-2)23(15)12-18/h3-4H,5-12H2,1-2H3,(H,19,24). The third-order valence-electron chi connectivity index (χ3n) is 5.72. The Balaban J connectivity index is 1.43. The number of carbonyl (C=O) groups excluding carboxylic acids is 1. The third-order valence-corrected chi connectivity index (χ3v) is 6.71. The van der Waals surface area contributed by atoms with Crippen molar-refractivity contribution in [3.05, 3.63) is 33.5 Å². The number of nitrogens with one attached hydrogen (secondary N) is 1. The molecule has 1 N–H and O–H groups in total. The minimum absolute atomic E-state index is 0.138. The number of likely N-dealkylation sites (tertiary alicyclic amines) is 1. The van der Waals surface area contributed by atoms with Crippen LogP contribution in [0.25, 0.3) is 0 Å². The highest BCUT2D eigenvalue weighted by atomic mass is 32.1. The van der Waals surface area contributed by atoms with Crippen LogP contribution in [0.2, 0.25) is 0 Å². The van der Waals surface area contributed by atoms with E-state index in [0.29, 0.717) is 11.2 Å². The lowest BCUT2D eigenvalue weighted by Crippen LogP contribution is -2.44. The average Bonchev–Trinajstić information content (AvgIpc) is 3.22. The van der Waals surface area contributed by atoms with Crippen LogP contribution in [0, 0.1) is 12.3 Å². The number of hydrogen-bond donors (Lipinski definition) is 1. The fourth-order valence-electron chi connectivity index (χ4n) is 4.14. The molecule has 0 bridgehead atoms. The fourth-order valence-corrected chi connectivity index (χ4v) is 5.07. The number of amides is 1. The maximum absolute atomic E-state index is 12.0. The summed E-state index contributed by atoms with van der Waals surface area (Å²) in [4.78, 5) is 17.4. The summed E-state index contributed by atoms with van der Waals surface area (Å²) in [5.74, 6) is 1.29. The summed E-state index contributed by atoms with van der Waals surface area (Å²) in [5, 5.41) is 11.0. The van der Waals surface area contributed by atoms with Crippen molar-refractivity contribution in [2.45, 2.75) is 45.7 Å². The van der Waals surface area contributed by atoms with Crippen LogP contribution in [0.5, 0.6) is 0 Å². The molecule has 1 fully saturated rings. The molecule has 4 rings (SSSR count). The van der Waals surface area contributed by atoms with Gasteiger partial charge in [-0.05, 0) is 56.8 Å². The first-order valence-corrected chi connectivity index (χ1v) is 9.82. The quantitative estimate of drug-likeness (QED) is 0.913. The van der Waals surface area contributed by atoms with Gasteiger partial charge in [0.2, 0.25) is 5.82 Å². The van der Waals surface area contributed by atoms with Crippen molar-refractivity contribution in [2.24, 2.45) is 5.41 Å². The van der Waals surface area contributed by atoms with Gasteiger partial charge in [-0.25, -0.2) is 0 Å². The predicted octanol–water partition coefficient (Wildman–Crippen LogP) is 2.24. The monoisotopic (exact) mass is 359 g/mol. The second-order valence-corrected chi connectivity index (χ2v) is 8.77. The van der Waals surface area contributed by atoms with E-state index < -0.39 is 0 Å². The van der Waals surface area contributed by atoms with E-state index in [1.807, 2.05) is 11.3 Å². The van der Waals surface area contributed by atoms with Crippen molar-refractivity contribution < 1.29 is 4.79 Å². The van der Waals surface area contributed by atoms with Crippen molar-refractivity contribution >= 4 is 17.2 Å². The fraction of sp³-hybridized carbons (Fsp3) is 0.611. The van der Waals surface area contributed by atoms with E-state index in [2.05, 4.69) is 44.0 Å². The molecule has 25 heavy (non-hydrogen) atoms. The van der Waals surface area contributed by atoms with Crippen molar-refractivity contribution in [1.29, 1.82) is 0 Å². The van der Waals surface area contributed by atoms with Gasteiger partial charge in [0.05, 0.1) is 0 Å². The molecule has 6 nitrogen and oxygen atoms in total. The van der Waals surface area contributed by atoms with Crippen LogP contribution in [-0.2, 0) is 19.5 Å². The topological polar surface area (TPSA) is 63.1 Å². The maximum Gasteiger partial charge on any atom is 0.288 e. The smallest absolute Gasteiger partial charge is 0.288 e. The zero-order valence-electron chi connectivity index (χ0n) is 14.9. The van der Waals surface area contributed by atoms with Gasteiger partial charge in [0.1, 0.15) is 5.82 Å². The molecule has 2 aromatic rings. The molecule has 7 heteroatoms. The lowest BCUT2D eigenvalue weighted by molar-refractivity contribution is 0.0623. The molecular weight excluding hydrogens is 334 g/mol. The van der Waals surface area contributed by atoms with E-state index in [-0.39, 0.29) is 5.91 Å². The van der Waals surface area contributed by atoms with E-state index in [9.17, 15) is 4.79 Å². The normalized spacial score (nSPS) is 19.8. The predicted molar refractivity (Wildman–Crippen MR) is 97.7 cm³/mol. The number of fused-ring (bicyclic) bond motifs is 1. The van der Waals surface area contributed by atoms with E-state index in [1.54, 1.807) is 7.05 Å². The molecule has 2 aromatic heterocycles. The maximum atomic E-state index is 12.0. The SMILES string of the molecule is CNC(=O)c1nnc2n1CC1(CC2)CCN(Cc2ccc(C)s2)CC1. The van der Waals surface area contributed by atoms with Gasteiger partial charge < -0.3 is 9.88 Å². The summed E-state index contributed by atoms with van der Waals surface area (Å²) in [7, 11) is 1.65. The van der Waals surface area contributed by atoms with E-state index in [4.69, 9.17) is 0 Å². The Morgan fingerprint density at radius 2 is 2.08 bits per heavy atom. The zero-order valence-corrected chi connectivity index (χ0v) is 15.7. The lowest BCUT2D eigenvalue weighted by Gasteiger charge is -2.44. The highest BCUT2D eigenvalue weighted by Gasteiger charge is 2.39. The van der Waals surface area contributed by atoms with Crippen LogP contribution >= 0.6 is 11.3 Å². The highest BCUT2D eigenvalue weighted by Crippen LogP contribution is 2.41. The molecule has 1 amide bonds. The Morgan fingerprint density at radius 1 is 1.28 bits per heavy atom. The number of carbonyl (C=O) groups is 1. The molecule has 134 valence electrons. The first-order chi connectivity index (χ1) is 12.1. The summed E-state index contributed by atoms with van der Waals surface area (Å²) in [6.07, 6.45) is 4.45. The molecular formula is C18H25N5OS. The highest BCUT2D eigenvalue weighted by molar-refractivity contribution is 7.11. The summed E-state index contributed by atoms with van der Waals surface area (Å²) in [6.45, 7) is 6.37. The molecule has 4 heterocycles. The van der Waals surface area contributed by atoms with Crippen molar-refractivity contribution in [1.82, 2.24) is 25.0 Å². The number of aromatic nitrogens is 3. The Kier molecular flexibility index (Phi) is 4.37. The summed E-state index contributed by atoms with van der Waals surface area (Å²) in [5.41, 5.74) is 0.292. The van der Waals surface area contributed by atoms with Crippen LogP contribution in [-0.4, -0.2) is 45.7 Å². The second kappa shape index (κ2) is 6.53. The van der Waals surface area contributed by atoms with Gasteiger partial charge in [-0.2, -0.15) is 0 Å². The van der Waals surface area contributed by atoms with E-state index in [1.165, 1.54) is 22.6 Å². The van der Waals surface area contributed by atoms with Crippen molar-refractivity contribution in [2.75, 3.05) is 20.1 Å². The van der Waals surface area contributed by atoms with Crippen LogP contribution in [0.1, 0.15) is 45.5 Å². The van der Waals surface area contributed by atoms with Gasteiger partial charge in [-0.3, -0.25) is 9.69 Å². The Labute approximate surface area is 152 Å². The average molecular weight is 359 g/mol. The first-order valence-electron chi connectivity index (χ1n) is 9.00. The largest absolute Gasteiger partial charge is 0.352 e. The minimum atomic E-state index is -0.138. The van der Waals surface area contributed by atoms with Crippen molar-refractivity contribution in [3.8, 4) is 0 Å². The molecule has 2 aliphatic heterocycles. The zero-order chi connectivity index (χ0) is 17.4. The minimum Gasteiger partial charge on any atom is -0.352 e. The van der Waals surface area contributed by atoms with Gasteiger partial charge in [0.15, 0.2) is 0 Å². The molecule has 0 saturated carbocycles. The lowest BCUT2D eigenvalue weighted by atomic mass is 9.73. The van der Waals surface area contributed by atoms with Crippen LogP contribution in [0.3, 0.4) is 0 Å². The van der Waals surface area contributed by atoms with Gasteiger partial charge in [0, 0.05) is 36.3 Å². The van der Waals surface area contributed by atoms with Gasteiger partial charge in [0.25, 0.3) is 5.91 Å². The number of piperidine rings is 1. The van der Waals surface area contributed by atoms with E-state index >= 15 is 0 Å². The summed E-state index contributed by atoms with van der Waals surface area (Å²) >= 11 is 1.90. The molecule has 1 saturated heterocycles. The van der Waals surface area contributed by atoms with Gasteiger partial charge in [-0.1, -0.05) is 0 Å². The molecule has 0 radical (unpaired) electrons. The molecule has 1 spiro atoms. The number of aryl methyl sites for hydroxylation is 2. The number of thiophene rings is 1. The Morgan fingerprint density at radius 3 is 2.76 bits per heavy atom. The third kappa shape index (κ3) is 3.22. The molecule has 2 aliphatic rings. The first kappa shape index (κ1) is 16.7. The van der Waals surface area contributed by atoms with Crippen LogP contribution in [0.15, 0.2) is 12.1 Å². The van der Waals surface area contributed by atoms with Crippen LogP contribution < -0.4 is 5.32 Å². The summed E-state index contributed by atoms with van der Waals surface area (Å²) < 4.78 is 2.06. The number of rotatable bonds is 3. The van der Waals surface area contributed by atoms with Crippen LogP contribution in [0.4, 0.5) is 0 Å². The van der Waals surface area contributed by atoms with Gasteiger partial charge in [-0.15, -0.1) is 21.5 Å². The Hall–Kier alpha value is -1.73. The molecule has 0 aliphatic carbocycles. The molecule has 0 unspecified atom stereocenters.